The third-order valence-corrected chi connectivity index (χ3v) is 4.39. The predicted molar refractivity (Wildman–Crippen MR) is 103 cm³/mol. The number of halogens is 1. The lowest BCUT2D eigenvalue weighted by Gasteiger charge is -2.12. The van der Waals surface area contributed by atoms with E-state index < -0.39 is 5.82 Å². The first-order chi connectivity index (χ1) is 13.0. The Labute approximate surface area is 154 Å². The number of furan rings is 1. The minimum atomic E-state index is -0.563. The molecule has 134 valence electrons. The molecule has 0 radical (unpaired) electrons. The monoisotopic (exact) mass is 361 g/mol. The summed E-state index contributed by atoms with van der Waals surface area (Å²) >= 11 is 0. The van der Waals surface area contributed by atoms with Gasteiger partial charge in [-0.05, 0) is 41.5 Å². The number of anilines is 1. The molecule has 0 aliphatic rings. The standard InChI is InChI=1S/C22H16FNO3/c1-13(25)24-20-7-5-15(12-19(20)23)18-4-2-3-17(22(18)26)14-6-8-21-16(11-14)9-10-27-21/h2-12,26H,1H3,(H,24,25). The van der Waals surface area contributed by atoms with Gasteiger partial charge in [0, 0.05) is 23.4 Å². The summed E-state index contributed by atoms with van der Waals surface area (Å²) < 4.78 is 19.6. The fraction of sp³-hybridized carbons (Fsp3) is 0.0455. The second-order valence-electron chi connectivity index (χ2n) is 6.25. The van der Waals surface area contributed by atoms with Crippen LogP contribution >= 0.6 is 0 Å². The summed E-state index contributed by atoms with van der Waals surface area (Å²) in [7, 11) is 0. The maximum absolute atomic E-state index is 14.3. The van der Waals surface area contributed by atoms with Gasteiger partial charge in [-0.2, -0.15) is 0 Å². The van der Waals surface area contributed by atoms with Gasteiger partial charge in [0.25, 0.3) is 0 Å². The third-order valence-electron chi connectivity index (χ3n) is 4.39. The fourth-order valence-corrected chi connectivity index (χ4v) is 3.12. The Morgan fingerprint density at radius 1 is 1.00 bits per heavy atom. The number of hydrogen-bond donors (Lipinski definition) is 2. The molecule has 5 heteroatoms. The van der Waals surface area contributed by atoms with Crippen LogP contribution in [0.3, 0.4) is 0 Å². The summed E-state index contributed by atoms with van der Waals surface area (Å²) in [6.45, 7) is 1.32. The molecule has 0 unspecified atom stereocenters. The van der Waals surface area contributed by atoms with Gasteiger partial charge in [0.15, 0.2) is 0 Å². The van der Waals surface area contributed by atoms with Gasteiger partial charge in [-0.15, -0.1) is 0 Å². The van der Waals surface area contributed by atoms with Crippen molar-refractivity contribution >= 4 is 22.6 Å². The average molecular weight is 361 g/mol. The molecule has 0 saturated carbocycles. The maximum atomic E-state index is 14.3. The molecule has 4 rings (SSSR count). The molecular weight excluding hydrogens is 345 g/mol. The molecule has 0 spiro atoms. The van der Waals surface area contributed by atoms with Gasteiger partial charge in [0.2, 0.25) is 5.91 Å². The fourth-order valence-electron chi connectivity index (χ4n) is 3.12. The first-order valence-corrected chi connectivity index (χ1v) is 8.40. The van der Waals surface area contributed by atoms with Crippen molar-refractivity contribution in [3.05, 3.63) is 72.7 Å². The minimum Gasteiger partial charge on any atom is -0.507 e. The number of para-hydroxylation sites is 1. The van der Waals surface area contributed by atoms with Gasteiger partial charge in [-0.25, -0.2) is 4.39 Å². The van der Waals surface area contributed by atoms with Crippen molar-refractivity contribution in [2.45, 2.75) is 6.92 Å². The van der Waals surface area contributed by atoms with Crippen LogP contribution in [0.4, 0.5) is 10.1 Å². The van der Waals surface area contributed by atoms with Gasteiger partial charge in [0.1, 0.15) is 17.1 Å². The van der Waals surface area contributed by atoms with Gasteiger partial charge in [-0.1, -0.05) is 30.3 Å². The van der Waals surface area contributed by atoms with Crippen LogP contribution in [0.1, 0.15) is 6.92 Å². The Balaban J connectivity index is 1.78. The van der Waals surface area contributed by atoms with E-state index >= 15 is 0 Å². The summed E-state index contributed by atoms with van der Waals surface area (Å²) in [4.78, 5) is 11.1. The highest BCUT2D eigenvalue weighted by Crippen LogP contribution is 2.39. The van der Waals surface area contributed by atoms with Crippen LogP contribution < -0.4 is 5.32 Å². The lowest BCUT2D eigenvalue weighted by Crippen LogP contribution is -2.07. The van der Waals surface area contributed by atoms with Gasteiger partial charge in [-0.3, -0.25) is 4.79 Å². The number of nitrogens with one attached hydrogen (secondary N) is 1. The van der Waals surface area contributed by atoms with Crippen LogP contribution in [0, 0.1) is 5.82 Å². The van der Waals surface area contributed by atoms with Crippen molar-refractivity contribution in [3.8, 4) is 28.0 Å². The van der Waals surface area contributed by atoms with Crippen LogP contribution in [0.5, 0.6) is 5.75 Å². The Morgan fingerprint density at radius 2 is 1.70 bits per heavy atom. The molecule has 0 aliphatic carbocycles. The topological polar surface area (TPSA) is 62.5 Å². The third kappa shape index (κ3) is 3.15. The van der Waals surface area contributed by atoms with Crippen LogP contribution in [0.2, 0.25) is 0 Å². The SMILES string of the molecule is CC(=O)Nc1ccc(-c2cccc(-c3ccc4occc4c3)c2O)cc1F. The normalized spacial score (nSPS) is 10.9. The van der Waals surface area contributed by atoms with Crippen molar-refractivity contribution < 1.29 is 18.7 Å². The molecule has 3 aromatic carbocycles. The molecule has 0 fully saturated rings. The molecule has 4 nitrogen and oxygen atoms in total. The molecule has 0 atom stereocenters. The maximum Gasteiger partial charge on any atom is 0.221 e. The number of benzene rings is 3. The smallest absolute Gasteiger partial charge is 0.221 e. The predicted octanol–water partition coefficient (Wildman–Crippen LogP) is 5.57. The molecule has 4 aromatic rings. The van der Waals surface area contributed by atoms with Gasteiger partial charge >= 0.3 is 0 Å². The average Bonchev–Trinajstić information content (AvgIpc) is 3.11. The summed E-state index contributed by atoms with van der Waals surface area (Å²) in [5.41, 5.74) is 3.37. The number of rotatable bonds is 3. The highest BCUT2D eigenvalue weighted by molar-refractivity contribution is 5.90. The quantitative estimate of drug-likeness (QED) is 0.501. The van der Waals surface area contributed by atoms with E-state index in [1.165, 1.54) is 19.1 Å². The van der Waals surface area contributed by atoms with Crippen molar-refractivity contribution in [1.82, 2.24) is 0 Å². The summed E-state index contributed by atoms with van der Waals surface area (Å²) in [6.07, 6.45) is 1.62. The zero-order valence-electron chi connectivity index (χ0n) is 14.5. The summed E-state index contributed by atoms with van der Waals surface area (Å²) in [6, 6.07) is 17.3. The van der Waals surface area contributed by atoms with Crippen LogP contribution in [-0.4, -0.2) is 11.0 Å². The number of hydrogen-bond acceptors (Lipinski definition) is 3. The van der Waals surface area contributed by atoms with E-state index in [0.29, 0.717) is 16.7 Å². The van der Waals surface area contributed by atoms with E-state index in [4.69, 9.17) is 4.42 Å². The second-order valence-corrected chi connectivity index (χ2v) is 6.25. The van der Waals surface area contributed by atoms with E-state index in [0.717, 1.165) is 16.5 Å². The number of fused-ring (bicyclic) bond motifs is 1. The molecule has 2 N–H and O–H groups in total. The van der Waals surface area contributed by atoms with Crippen LogP contribution in [-0.2, 0) is 4.79 Å². The van der Waals surface area contributed by atoms with Crippen molar-refractivity contribution in [3.63, 3.8) is 0 Å². The number of phenolic OH excluding ortho intramolecular Hbond substituents is 1. The van der Waals surface area contributed by atoms with E-state index in [1.807, 2.05) is 36.4 Å². The lowest BCUT2D eigenvalue weighted by atomic mass is 9.96. The van der Waals surface area contributed by atoms with E-state index in [-0.39, 0.29) is 17.3 Å². The van der Waals surface area contributed by atoms with Crippen molar-refractivity contribution in [2.24, 2.45) is 0 Å². The molecule has 0 saturated heterocycles. The molecule has 0 aliphatic heterocycles. The number of phenols is 1. The number of carbonyl (C=O) groups is 1. The second kappa shape index (κ2) is 6.61. The molecule has 1 aromatic heterocycles. The summed E-state index contributed by atoms with van der Waals surface area (Å²) in [5, 5.41) is 14.2. The van der Waals surface area contributed by atoms with Gasteiger partial charge < -0.3 is 14.8 Å². The van der Waals surface area contributed by atoms with E-state index in [1.54, 1.807) is 18.4 Å². The molecule has 1 heterocycles. The molecule has 1 amide bonds. The molecule has 27 heavy (non-hydrogen) atoms. The Kier molecular flexibility index (Phi) is 4.12. The largest absolute Gasteiger partial charge is 0.507 e. The van der Waals surface area contributed by atoms with Crippen LogP contribution in [0.15, 0.2) is 71.3 Å². The first kappa shape index (κ1) is 16.8. The number of aromatic hydroxyl groups is 1. The minimum absolute atomic E-state index is 0.0621. The molecular formula is C22H16FNO3. The summed E-state index contributed by atoms with van der Waals surface area (Å²) in [5.74, 6) is -0.847. The van der Waals surface area contributed by atoms with Crippen molar-refractivity contribution in [1.29, 1.82) is 0 Å². The van der Waals surface area contributed by atoms with Gasteiger partial charge in [0.05, 0.1) is 12.0 Å². The zero-order valence-corrected chi connectivity index (χ0v) is 14.5. The Bertz CT molecular complexity index is 1160. The lowest BCUT2D eigenvalue weighted by molar-refractivity contribution is -0.114. The zero-order chi connectivity index (χ0) is 19.0. The number of carbonyl (C=O) groups excluding carboxylic acids is 1. The highest BCUT2D eigenvalue weighted by Gasteiger charge is 2.13. The van der Waals surface area contributed by atoms with Crippen LogP contribution in [0.25, 0.3) is 33.2 Å². The van der Waals surface area contributed by atoms with Crippen molar-refractivity contribution in [2.75, 3.05) is 5.32 Å². The molecule has 0 bridgehead atoms. The Hall–Kier alpha value is -3.60. The number of amides is 1. The van der Waals surface area contributed by atoms with E-state index in [2.05, 4.69) is 5.32 Å². The first-order valence-electron chi connectivity index (χ1n) is 8.40. The van der Waals surface area contributed by atoms with E-state index in [9.17, 15) is 14.3 Å². The Morgan fingerprint density at radius 3 is 2.41 bits per heavy atom. The highest BCUT2D eigenvalue weighted by atomic mass is 19.1.